The van der Waals surface area contributed by atoms with Gasteiger partial charge in [-0.15, -0.1) is 0 Å². The third-order valence-corrected chi connectivity index (χ3v) is 4.32. The van der Waals surface area contributed by atoms with Gasteiger partial charge in [-0.1, -0.05) is 6.07 Å². The van der Waals surface area contributed by atoms with Crippen molar-refractivity contribution < 1.29 is 9.59 Å². The zero-order chi connectivity index (χ0) is 18.9. The molecule has 138 valence electrons. The molecule has 26 heavy (non-hydrogen) atoms. The van der Waals surface area contributed by atoms with Crippen molar-refractivity contribution in [2.24, 2.45) is 0 Å². The number of hydrogen-bond donors (Lipinski definition) is 2. The number of aromatic nitrogens is 2. The topological polar surface area (TPSA) is 76.0 Å². The summed E-state index contributed by atoms with van der Waals surface area (Å²) in [6.45, 7) is 8.69. The number of carbonyl (C=O) groups is 2. The first-order valence-corrected chi connectivity index (χ1v) is 9.09. The van der Waals surface area contributed by atoms with Crippen molar-refractivity contribution in [1.82, 2.24) is 15.1 Å². The molecular formula is C20H26N4O2. The number of carbonyl (C=O) groups excluding carboxylic acids is 2. The Hall–Kier alpha value is -2.63. The maximum atomic E-state index is 12.7. The lowest BCUT2D eigenvalue weighted by atomic mass is 10.1. The molecule has 1 aliphatic carbocycles. The van der Waals surface area contributed by atoms with Gasteiger partial charge in [0.1, 0.15) is 0 Å². The Kier molecular flexibility index (Phi) is 4.85. The van der Waals surface area contributed by atoms with Crippen molar-refractivity contribution in [2.75, 3.05) is 11.9 Å². The fourth-order valence-electron chi connectivity index (χ4n) is 2.91. The average Bonchev–Trinajstić information content (AvgIpc) is 3.32. The number of nitrogens with zero attached hydrogens (tertiary/aromatic N) is 2. The summed E-state index contributed by atoms with van der Waals surface area (Å²) in [6, 6.07) is 8.81. The van der Waals surface area contributed by atoms with E-state index in [2.05, 4.69) is 36.5 Å². The molecule has 1 saturated carbocycles. The highest BCUT2D eigenvalue weighted by atomic mass is 16.2. The minimum Gasteiger partial charge on any atom is -0.352 e. The van der Waals surface area contributed by atoms with Gasteiger partial charge in [-0.25, -0.2) is 0 Å². The van der Waals surface area contributed by atoms with Crippen LogP contribution in [0.3, 0.4) is 0 Å². The molecule has 0 saturated heterocycles. The Morgan fingerprint density at radius 3 is 2.54 bits per heavy atom. The second-order valence-corrected chi connectivity index (χ2v) is 7.71. The quantitative estimate of drug-likeness (QED) is 0.862. The van der Waals surface area contributed by atoms with Crippen LogP contribution in [0.4, 0.5) is 5.69 Å². The molecule has 2 amide bonds. The Labute approximate surface area is 154 Å². The molecule has 1 aliphatic rings. The minimum absolute atomic E-state index is 0.156. The van der Waals surface area contributed by atoms with E-state index in [1.165, 1.54) is 0 Å². The highest BCUT2D eigenvalue weighted by molar-refractivity contribution is 6.04. The van der Waals surface area contributed by atoms with Crippen molar-refractivity contribution in [1.29, 1.82) is 0 Å². The summed E-state index contributed by atoms with van der Waals surface area (Å²) in [7, 11) is 0. The van der Waals surface area contributed by atoms with Gasteiger partial charge in [-0.3, -0.25) is 14.3 Å². The van der Waals surface area contributed by atoms with Gasteiger partial charge in [0.2, 0.25) is 0 Å². The second kappa shape index (κ2) is 6.94. The Morgan fingerprint density at radius 2 is 1.92 bits per heavy atom. The highest BCUT2D eigenvalue weighted by Crippen LogP contribution is 2.41. The van der Waals surface area contributed by atoms with Crippen LogP contribution in [0, 0.1) is 0 Å². The summed E-state index contributed by atoms with van der Waals surface area (Å²) in [6.07, 6.45) is 2.30. The van der Waals surface area contributed by atoms with Crippen molar-refractivity contribution >= 4 is 17.5 Å². The number of anilines is 1. The molecule has 6 heteroatoms. The molecular weight excluding hydrogens is 328 g/mol. The van der Waals surface area contributed by atoms with E-state index in [1.807, 2.05) is 17.7 Å². The first kappa shape index (κ1) is 18.2. The Morgan fingerprint density at radius 1 is 1.19 bits per heavy atom. The molecule has 0 aliphatic heterocycles. The maximum Gasteiger partial charge on any atom is 0.276 e. The predicted octanol–water partition coefficient (Wildman–Crippen LogP) is 3.52. The molecule has 2 aromatic rings. The summed E-state index contributed by atoms with van der Waals surface area (Å²) >= 11 is 0. The molecule has 1 aromatic heterocycles. The molecule has 1 heterocycles. The third-order valence-electron chi connectivity index (χ3n) is 4.32. The van der Waals surface area contributed by atoms with Crippen LogP contribution in [0.25, 0.3) is 0 Å². The molecule has 6 nitrogen and oxygen atoms in total. The van der Waals surface area contributed by atoms with Crippen LogP contribution in [0.5, 0.6) is 0 Å². The number of benzene rings is 1. The minimum atomic E-state index is -0.261. The van der Waals surface area contributed by atoms with Crippen LogP contribution in [-0.4, -0.2) is 28.1 Å². The van der Waals surface area contributed by atoms with Gasteiger partial charge in [-0.2, -0.15) is 5.10 Å². The monoisotopic (exact) mass is 354 g/mol. The zero-order valence-corrected chi connectivity index (χ0v) is 15.8. The van der Waals surface area contributed by atoms with Gasteiger partial charge in [0.05, 0.1) is 5.54 Å². The Balaban J connectivity index is 1.80. The van der Waals surface area contributed by atoms with Gasteiger partial charge in [0.25, 0.3) is 11.8 Å². The van der Waals surface area contributed by atoms with Crippen LogP contribution in [-0.2, 0) is 5.54 Å². The van der Waals surface area contributed by atoms with E-state index < -0.39 is 0 Å². The number of amides is 2. The van der Waals surface area contributed by atoms with E-state index in [1.54, 1.807) is 24.3 Å². The number of rotatable bonds is 5. The molecule has 1 aromatic carbocycles. The van der Waals surface area contributed by atoms with Crippen molar-refractivity contribution in [3.05, 3.63) is 47.3 Å². The van der Waals surface area contributed by atoms with Gasteiger partial charge < -0.3 is 10.6 Å². The third kappa shape index (κ3) is 3.95. The Bertz CT molecular complexity index is 829. The van der Waals surface area contributed by atoms with Crippen LogP contribution >= 0.6 is 0 Å². The van der Waals surface area contributed by atoms with Crippen LogP contribution in [0.1, 0.15) is 73.0 Å². The van der Waals surface area contributed by atoms with Crippen LogP contribution in [0.15, 0.2) is 30.3 Å². The van der Waals surface area contributed by atoms with E-state index >= 15 is 0 Å². The van der Waals surface area contributed by atoms with E-state index in [0.29, 0.717) is 29.4 Å². The fourth-order valence-corrected chi connectivity index (χ4v) is 2.91. The molecule has 2 N–H and O–H groups in total. The lowest BCUT2D eigenvalue weighted by molar-refractivity contribution is 0.0954. The van der Waals surface area contributed by atoms with Crippen LogP contribution < -0.4 is 10.6 Å². The van der Waals surface area contributed by atoms with E-state index in [0.717, 1.165) is 18.5 Å². The lowest BCUT2D eigenvalue weighted by Crippen LogP contribution is -2.26. The molecule has 0 atom stereocenters. The van der Waals surface area contributed by atoms with Crippen molar-refractivity contribution in [2.45, 2.75) is 52.0 Å². The van der Waals surface area contributed by atoms with Gasteiger partial charge in [0.15, 0.2) is 5.69 Å². The fraction of sp³-hybridized carbons (Fsp3) is 0.450. The normalized spacial score (nSPS) is 14.2. The van der Waals surface area contributed by atoms with Gasteiger partial charge in [0, 0.05) is 29.4 Å². The predicted molar refractivity (Wildman–Crippen MR) is 102 cm³/mol. The first-order chi connectivity index (χ1) is 12.3. The first-order valence-electron chi connectivity index (χ1n) is 9.09. The molecule has 3 rings (SSSR count). The zero-order valence-electron chi connectivity index (χ0n) is 15.8. The lowest BCUT2D eigenvalue weighted by Gasteiger charge is -2.22. The standard InChI is InChI=1S/C20H26N4O2/c1-5-21-18(25)14-7-6-8-15(11-14)22-19(26)16-12-17(13-9-10-13)24(23-16)20(2,3)4/h6-8,11-13H,5,9-10H2,1-4H3,(H,21,25)(H,22,26). The summed E-state index contributed by atoms with van der Waals surface area (Å²) < 4.78 is 1.96. The largest absolute Gasteiger partial charge is 0.352 e. The summed E-state index contributed by atoms with van der Waals surface area (Å²) in [4.78, 5) is 24.6. The van der Waals surface area contributed by atoms with Crippen LogP contribution in [0.2, 0.25) is 0 Å². The van der Waals surface area contributed by atoms with Gasteiger partial charge >= 0.3 is 0 Å². The second-order valence-electron chi connectivity index (χ2n) is 7.71. The van der Waals surface area contributed by atoms with Crippen molar-refractivity contribution in [3.8, 4) is 0 Å². The average molecular weight is 354 g/mol. The molecule has 1 fully saturated rings. The molecule has 0 bridgehead atoms. The smallest absolute Gasteiger partial charge is 0.276 e. The SMILES string of the molecule is CCNC(=O)c1cccc(NC(=O)c2cc(C3CC3)n(C(C)(C)C)n2)c1. The maximum absolute atomic E-state index is 12.7. The molecule has 0 radical (unpaired) electrons. The summed E-state index contributed by atoms with van der Waals surface area (Å²) in [5.74, 6) is 0.0870. The van der Waals surface area contributed by atoms with Crippen molar-refractivity contribution in [3.63, 3.8) is 0 Å². The highest BCUT2D eigenvalue weighted by Gasteiger charge is 2.32. The van der Waals surface area contributed by atoms with E-state index in [4.69, 9.17) is 0 Å². The van der Waals surface area contributed by atoms with E-state index in [9.17, 15) is 9.59 Å². The molecule has 0 spiro atoms. The summed E-state index contributed by atoms with van der Waals surface area (Å²) in [5, 5.41) is 10.2. The molecule has 0 unspecified atom stereocenters. The number of nitrogens with one attached hydrogen (secondary N) is 2. The summed E-state index contributed by atoms with van der Waals surface area (Å²) in [5.41, 5.74) is 2.46. The van der Waals surface area contributed by atoms with E-state index in [-0.39, 0.29) is 17.4 Å². The number of hydrogen-bond acceptors (Lipinski definition) is 3. The van der Waals surface area contributed by atoms with Gasteiger partial charge in [-0.05, 0) is 64.8 Å².